The molecule has 1 unspecified atom stereocenters. The Morgan fingerprint density at radius 3 is 1.75 bits per heavy atom. The summed E-state index contributed by atoms with van der Waals surface area (Å²) in [5.74, 6) is 0. The van der Waals surface area contributed by atoms with Crippen LogP contribution in [-0.4, -0.2) is 22.3 Å². The van der Waals surface area contributed by atoms with Gasteiger partial charge in [0.1, 0.15) is 0 Å². The van der Waals surface area contributed by atoms with Gasteiger partial charge in [-0.3, -0.25) is 0 Å². The fraction of sp³-hybridized carbons (Fsp3) is 1.00. The molecule has 4 heteroatoms. The van der Waals surface area contributed by atoms with Crippen LogP contribution < -0.4 is 0 Å². The topological polar surface area (TPSA) is 40.5 Å². The first-order valence-electron chi connectivity index (χ1n) is 6.72. The Bertz CT molecular complexity index is 145. The Hall–Kier alpha value is 0.335. The normalized spacial score (nSPS) is 12.8. The summed E-state index contributed by atoms with van der Waals surface area (Å²) in [5.41, 5.74) is 0. The van der Waals surface area contributed by atoms with E-state index in [0.717, 1.165) is 12.8 Å². The second-order valence-corrected chi connectivity index (χ2v) is 5.26. The van der Waals surface area contributed by atoms with Crippen LogP contribution in [0.4, 0.5) is 0 Å². The molecule has 0 rings (SSSR count). The molecule has 0 aliphatic rings. The molecule has 0 radical (unpaired) electrons. The van der Waals surface area contributed by atoms with E-state index in [1.54, 1.807) is 0 Å². The zero-order valence-electron chi connectivity index (χ0n) is 10.6. The van der Waals surface area contributed by atoms with E-state index in [0.29, 0.717) is 0 Å². The van der Waals surface area contributed by atoms with E-state index in [1.807, 2.05) is 0 Å². The average Bonchev–Trinajstić information content (AvgIpc) is 2.26. The molecule has 2 N–H and O–H groups in total. The van der Waals surface area contributed by atoms with Crippen molar-refractivity contribution in [1.29, 1.82) is 0 Å². The molecule has 0 heterocycles. The van der Waals surface area contributed by atoms with Crippen molar-refractivity contribution in [2.45, 2.75) is 76.3 Å². The van der Waals surface area contributed by atoms with Gasteiger partial charge in [0.2, 0.25) is 0 Å². The monoisotopic (exact) mass is 246 g/mol. The summed E-state index contributed by atoms with van der Waals surface area (Å²) >= 11 is 4.11. The number of hydrogen-bond donors (Lipinski definition) is 3. The lowest BCUT2D eigenvalue weighted by atomic mass is 9.82. The summed E-state index contributed by atoms with van der Waals surface area (Å²) in [6.45, 7) is 2.24. The number of hydrogen-bond acceptors (Lipinski definition) is 3. The maximum atomic E-state index is 8.82. The third-order valence-corrected chi connectivity index (χ3v) is 3.47. The second-order valence-electron chi connectivity index (χ2n) is 4.60. The summed E-state index contributed by atoms with van der Waals surface area (Å²) in [5, 5.41) is 17.4. The minimum Gasteiger partial charge on any atom is -0.426 e. The number of rotatable bonds is 11. The lowest BCUT2D eigenvalue weighted by molar-refractivity contribution is 0.398. The van der Waals surface area contributed by atoms with E-state index in [-0.39, 0.29) is 5.15 Å². The van der Waals surface area contributed by atoms with Crippen molar-refractivity contribution < 1.29 is 10.0 Å². The molecule has 0 bridgehead atoms. The van der Waals surface area contributed by atoms with Crippen LogP contribution in [0.2, 0.25) is 0 Å². The maximum absolute atomic E-state index is 8.82. The van der Waals surface area contributed by atoms with Crippen molar-refractivity contribution in [2.24, 2.45) is 0 Å². The minimum absolute atomic E-state index is 0.274. The van der Waals surface area contributed by atoms with Gasteiger partial charge in [0, 0.05) is 5.15 Å². The first-order valence-corrected chi connectivity index (χ1v) is 7.24. The van der Waals surface area contributed by atoms with Gasteiger partial charge in [-0.25, -0.2) is 0 Å². The fourth-order valence-corrected chi connectivity index (χ4v) is 2.00. The van der Waals surface area contributed by atoms with Gasteiger partial charge in [-0.15, -0.1) is 0 Å². The molecular formula is C12H27BO2S. The fourth-order valence-electron chi connectivity index (χ4n) is 1.81. The van der Waals surface area contributed by atoms with Gasteiger partial charge in [0.25, 0.3) is 0 Å². The smallest absolute Gasteiger partial charge is 0.426 e. The highest BCUT2D eigenvalue weighted by Gasteiger charge is 2.17. The molecular weight excluding hydrogens is 219 g/mol. The molecule has 96 valence electrons. The molecule has 0 aliphatic carbocycles. The number of thiol groups is 1. The Balaban J connectivity index is 3.04. The summed E-state index contributed by atoms with van der Waals surface area (Å²) in [4.78, 5) is 0. The Kier molecular flexibility index (Phi) is 12.1. The van der Waals surface area contributed by atoms with Crippen molar-refractivity contribution in [1.82, 2.24) is 0 Å². The van der Waals surface area contributed by atoms with Crippen LogP contribution >= 0.6 is 12.6 Å². The summed E-state index contributed by atoms with van der Waals surface area (Å²) in [6.07, 6.45) is 12.4. The molecule has 16 heavy (non-hydrogen) atoms. The molecule has 0 spiro atoms. The van der Waals surface area contributed by atoms with Crippen LogP contribution in [0, 0.1) is 0 Å². The van der Waals surface area contributed by atoms with E-state index in [9.17, 15) is 0 Å². The molecule has 0 saturated carbocycles. The molecule has 1 atom stereocenters. The molecule has 0 aromatic carbocycles. The van der Waals surface area contributed by atoms with Crippen molar-refractivity contribution in [3.05, 3.63) is 0 Å². The lowest BCUT2D eigenvalue weighted by Gasteiger charge is -2.08. The highest BCUT2D eigenvalue weighted by Crippen LogP contribution is 2.13. The predicted octanol–water partition coefficient (Wildman–Crippen LogP) is 3.22. The van der Waals surface area contributed by atoms with E-state index in [4.69, 9.17) is 10.0 Å². The van der Waals surface area contributed by atoms with Crippen molar-refractivity contribution in [2.75, 3.05) is 0 Å². The molecule has 0 aliphatic heterocycles. The first-order chi connectivity index (χ1) is 7.68. The van der Waals surface area contributed by atoms with Crippen LogP contribution in [0.25, 0.3) is 0 Å². The maximum Gasteiger partial charge on any atom is 0.465 e. The molecule has 0 aromatic rings. The molecule has 2 nitrogen and oxygen atoms in total. The quantitative estimate of drug-likeness (QED) is 0.297. The van der Waals surface area contributed by atoms with Gasteiger partial charge in [0.15, 0.2) is 0 Å². The standard InChI is InChI=1S/C12H27BO2S/c1-2-3-4-5-6-7-8-9-10-11-12(16)13(14)15/h12,14-16H,2-11H2,1H3. The van der Waals surface area contributed by atoms with Crippen LogP contribution in [0.15, 0.2) is 0 Å². The summed E-state index contributed by atoms with van der Waals surface area (Å²) in [7, 11) is -1.27. The average molecular weight is 246 g/mol. The van der Waals surface area contributed by atoms with Crippen LogP contribution in [-0.2, 0) is 0 Å². The van der Waals surface area contributed by atoms with Gasteiger partial charge < -0.3 is 10.0 Å². The predicted molar refractivity (Wildman–Crippen MR) is 74.8 cm³/mol. The molecule has 0 amide bonds. The Labute approximate surface area is 106 Å². The zero-order chi connectivity index (χ0) is 12.2. The SMILES string of the molecule is CCCCCCCCCCCC(S)B(O)O. The first kappa shape index (κ1) is 16.3. The highest BCUT2D eigenvalue weighted by atomic mass is 32.1. The highest BCUT2D eigenvalue weighted by molar-refractivity contribution is 7.82. The van der Waals surface area contributed by atoms with Crippen LogP contribution in [0.1, 0.15) is 71.1 Å². The lowest BCUT2D eigenvalue weighted by Crippen LogP contribution is -2.25. The van der Waals surface area contributed by atoms with E-state index >= 15 is 0 Å². The van der Waals surface area contributed by atoms with Gasteiger partial charge in [0.05, 0.1) is 0 Å². The van der Waals surface area contributed by atoms with Gasteiger partial charge >= 0.3 is 7.12 Å². The minimum atomic E-state index is -1.27. The second kappa shape index (κ2) is 11.8. The third kappa shape index (κ3) is 10.8. The van der Waals surface area contributed by atoms with Crippen LogP contribution in [0.5, 0.6) is 0 Å². The largest absolute Gasteiger partial charge is 0.465 e. The van der Waals surface area contributed by atoms with Crippen molar-refractivity contribution in [3.63, 3.8) is 0 Å². The Morgan fingerprint density at radius 1 is 0.875 bits per heavy atom. The van der Waals surface area contributed by atoms with Crippen molar-refractivity contribution in [3.8, 4) is 0 Å². The van der Waals surface area contributed by atoms with E-state index in [2.05, 4.69) is 19.6 Å². The van der Waals surface area contributed by atoms with Crippen LogP contribution in [0.3, 0.4) is 0 Å². The zero-order valence-corrected chi connectivity index (χ0v) is 11.5. The van der Waals surface area contributed by atoms with E-state index in [1.165, 1.54) is 51.4 Å². The summed E-state index contributed by atoms with van der Waals surface area (Å²) < 4.78 is 0. The van der Waals surface area contributed by atoms with Gasteiger partial charge in [-0.2, -0.15) is 12.6 Å². The summed E-state index contributed by atoms with van der Waals surface area (Å²) in [6, 6.07) is 0. The van der Waals surface area contributed by atoms with Gasteiger partial charge in [-0.1, -0.05) is 64.7 Å². The molecule has 0 aromatic heterocycles. The van der Waals surface area contributed by atoms with Gasteiger partial charge in [-0.05, 0) is 6.42 Å². The van der Waals surface area contributed by atoms with Crippen molar-refractivity contribution >= 4 is 19.7 Å². The number of unbranched alkanes of at least 4 members (excludes halogenated alkanes) is 8. The molecule has 0 saturated heterocycles. The third-order valence-electron chi connectivity index (χ3n) is 2.95. The Morgan fingerprint density at radius 2 is 1.31 bits per heavy atom. The molecule has 0 fully saturated rings. The van der Waals surface area contributed by atoms with E-state index < -0.39 is 7.12 Å².